The molecule has 9 heteroatoms. The predicted molar refractivity (Wildman–Crippen MR) is 125 cm³/mol. The fraction of sp³-hybridized carbons (Fsp3) is 0.217. The summed E-state index contributed by atoms with van der Waals surface area (Å²) in [4.78, 5) is 33.0. The summed E-state index contributed by atoms with van der Waals surface area (Å²) >= 11 is 1.54. The quantitative estimate of drug-likeness (QED) is 0.426. The average Bonchev–Trinajstić information content (AvgIpc) is 3.45. The molecule has 4 aromatic rings. The standard InChI is InChI=1S/C23H23N5O3S/c1-3-16-13-22(30)26-23(24-16)28-20(14-18(27-28)19-6-5-11-32-19)25-21(29)12-15-7-9-17(10-8-15)31-4-2/h5-11,13-14H,3-4,12H2,1-2H3,(H,25,29)(H,24,26,30). The van der Waals surface area contributed by atoms with E-state index in [0.717, 1.165) is 16.2 Å². The number of nitrogens with zero attached hydrogens (tertiary/aromatic N) is 3. The second kappa shape index (κ2) is 9.61. The van der Waals surface area contributed by atoms with E-state index in [4.69, 9.17) is 4.74 Å². The van der Waals surface area contributed by atoms with E-state index in [1.54, 1.807) is 6.07 Å². The Morgan fingerprint density at radius 1 is 1.19 bits per heavy atom. The van der Waals surface area contributed by atoms with Crippen LogP contribution in [0.3, 0.4) is 0 Å². The molecule has 0 unspecified atom stereocenters. The second-order valence-electron chi connectivity index (χ2n) is 7.02. The number of hydrogen-bond donors (Lipinski definition) is 2. The number of carbonyl (C=O) groups excluding carboxylic acids is 1. The second-order valence-corrected chi connectivity index (χ2v) is 7.97. The molecule has 0 aliphatic rings. The maximum Gasteiger partial charge on any atom is 0.252 e. The van der Waals surface area contributed by atoms with Crippen LogP contribution in [0.5, 0.6) is 5.75 Å². The number of benzene rings is 1. The molecule has 164 valence electrons. The summed E-state index contributed by atoms with van der Waals surface area (Å²) in [5.41, 5.74) is 1.91. The van der Waals surface area contributed by atoms with Gasteiger partial charge >= 0.3 is 0 Å². The van der Waals surface area contributed by atoms with E-state index in [1.807, 2.05) is 55.6 Å². The molecule has 3 aromatic heterocycles. The van der Waals surface area contributed by atoms with Gasteiger partial charge in [0, 0.05) is 17.8 Å². The van der Waals surface area contributed by atoms with Crippen molar-refractivity contribution in [2.45, 2.75) is 26.7 Å². The third-order valence-electron chi connectivity index (χ3n) is 4.69. The molecular weight excluding hydrogens is 426 g/mol. The van der Waals surface area contributed by atoms with Gasteiger partial charge in [0.25, 0.3) is 5.56 Å². The first kappa shape index (κ1) is 21.5. The SMILES string of the molecule is CCOc1ccc(CC(=O)Nc2cc(-c3cccs3)nn2-c2nc(CC)cc(=O)[nH]2)cc1. The Bertz CT molecular complexity index is 1260. The number of nitrogens with one attached hydrogen (secondary N) is 2. The first-order valence-electron chi connectivity index (χ1n) is 10.3. The molecule has 3 heterocycles. The first-order chi connectivity index (χ1) is 15.6. The highest BCUT2D eigenvalue weighted by atomic mass is 32.1. The lowest BCUT2D eigenvalue weighted by atomic mass is 10.1. The highest BCUT2D eigenvalue weighted by Gasteiger charge is 2.16. The zero-order chi connectivity index (χ0) is 22.5. The maximum atomic E-state index is 12.8. The Labute approximate surface area is 188 Å². The number of ether oxygens (including phenoxy) is 1. The smallest absolute Gasteiger partial charge is 0.252 e. The molecule has 0 saturated carbocycles. The lowest BCUT2D eigenvalue weighted by Gasteiger charge is -2.09. The summed E-state index contributed by atoms with van der Waals surface area (Å²) in [6.07, 6.45) is 0.792. The Hall–Kier alpha value is -3.72. The molecule has 0 radical (unpaired) electrons. The Morgan fingerprint density at radius 3 is 2.69 bits per heavy atom. The van der Waals surface area contributed by atoms with Gasteiger partial charge in [0.15, 0.2) is 0 Å². The number of aromatic nitrogens is 4. The van der Waals surface area contributed by atoms with E-state index >= 15 is 0 Å². The topological polar surface area (TPSA) is 102 Å². The van der Waals surface area contributed by atoms with E-state index in [9.17, 15) is 9.59 Å². The Kier molecular flexibility index (Phi) is 6.46. The molecule has 0 atom stereocenters. The van der Waals surface area contributed by atoms with Gasteiger partial charge in [0.1, 0.15) is 17.3 Å². The highest BCUT2D eigenvalue weighted by Crippen LogP contribution is 2.27. The molecule has 1 amide bonds. The largest absolute Gasteiger partial charge is 0.494 e. The van der Waals surface area contributed by atoms with Crippen LogP contribution < -0.4 is 15.6 Å². The molecule has 8 nitrogen and oxygen atoms in total. The molecule has 32 heavy (non-hydrogen) atoms. The van der Waals surface area contributed by atoms with Crippen LogP contribution in [-0.2, 0) is 17.6 Å². The molecule has 0 spiro atoms. The minimum absolute atomic E-state index is 0.185. The van der Waals surface area contributed by atoms with Crippen molar-refractivity contribution >= 4 is 23.1 Å². The molecule has 1 aromatic carbocycles. The van der Waals surface area contributed by atoms with Gasteiger partial charge in [-0.3, -0.25) is 14.6 Å². The first-order valence-corrected chi connectivity index (χ1v) is 11.2. The van der Waals surface area contributed by atoms with Gasteiger partial charge in [-0.15, -0.1) is 11.3 Å². The van der Waals surface area contributed by atoms with E-state index in [1.165, 1.54) is 22.1 Å². The molecule has 0 aliphatic carbocycles. The van der Waals surface area contributed by atoms with Crippen molar-refractivity contribution in [3.8, 4) is 22.3 Å². The third-order valence-corrected chi connectivity index (χ3v) is 5.59. The summed E-state index contributed by atoms with van der Waals surface area (Å²) in [5, 5.41) is 9.46. The minimum atomic E-state index is -0.272. The van der Waals surface area contributed by atoms with E-state index in [2.05, 4.69) is 20.4 Å². The van der Waals surface area contributed by atoms with E-state index in [0.29, 0.717) is 30.2 Å². The molecule has 2 N–H and O–H groups in total. The van der Waals surface area contributed by atoms with Crippen LogP contribution in [0.4, 0.5) is 5.82 Å². The lowest BCUT2D eigenvalue weighted by molar-refractivity contribution is -0.115. The number of carbonyl (C=O) groups is 1. The van der Waals surface area contributed by atoms with Gasteiger partial charge in [0.2, 0.25) is 11.9 Å². The van der Waals surface area contributed by atoms with Crippen molar-refractivity contribution in [2.24, 2.45) is 0 Å². The van der Waals surface area contributed by atoms with E-state index < -0.39 is 0 Å². The summed E-state index contributed by atoms with van der Waals surface area (Å²) in [5.74, 6) is 1.25. The number of hydrogen-bond acceptors (Lipinski definition) is 6. The monoisotopic (exact) mass is 449 g/mol. The zero-order valence-electron chi connectivity index (χ0n) is 17.8. The van der Waals surface area contributed by atoms with Crippen LogP contribution in [0.2, 0.25) is 0 Å². The predicted octanol–water partition coefficient (Wildman–Crippen LogP) is 3.83. The summed E-state index contributed by atoms with van der Waals surface area (Å²) < 4.78 is 6.91. The van der Waals surface area contributed by atoms with Crippen molar-refractivity contribution in [2.75, 3.05) is 11.9 Å². The van der Waals surface area contributed by atoms with Crippen LogP contribution in [0.15, 0.2) is 58.7 Å². The molecule has 0 aliphatic heterocycles. The fourth-order valence-electron chi connectivity index (χ4n) is 3.19. The molecular formula is C23H23N5O3S. The Balaban J connectivity index is 1.63. The Morgan fingerprint density at radius 2 is 2.00 bits per heavy atom. The lowest BCUT2D eigenvalue weighted by Crippen LogP contribution is -2.20. The van der Waals surface area contributed by atoms with Gasteiger partial charge < -0.3 is 10.1 Å². The van der Waals surface area contributed by atoms with E-state index in [-0.39, 0.29) is 23.8 Å². The summed E-state index contributed by atoms with van der Waals surface area (Å²) in [6.45, 7) is 4.43. The number of aryl methyl sites for hydroxylation is 1. The number of thiophene rings is 1. The maximum absolute atomic E-state index is 12.8. The van der Waals surface area contributed by atoms with Crippen molar-refractivity contribution in [3.05, 3.63) is 75.5 Å². The number of anilines is 1. The normalized spacial score (nSPS) is 10.8. The van der Waals surface area contributed by atoms with Crippen molar-refractivity contribution in [1.82, 2.24) is 19.7 Å². The number of rotatable bonds is 8. The molecule has 4 rings (SSSR count). The van der Waals surface area contributed by atoms with Crippen molar-refractivity contribution in [1.29, 1.82) is 0 Å². The van der Waals surface area contributed by atoms with Gasteiger partial charge in [-0.2, -0.15) is 9.78 Å². The van der Waals surface area contributed by atoms with Crippen molar-refractivity contribution < 1.29 is 9.53 Å². The van der Waals surface area contributed by atoms with Gasteiger partial charge in [-0.25, -0.2) is 4.98 Å². The molecule has 0 fully saturated rings. The zero-order valence-corrected chi connectivity index (χ0v) is 18.6. The van der Waals surface area contributed by atoms with Gasteiger partial charge in [-0.1, -0.05) is 25.1 Å². The minimum Gasteiger partial charge on any atom is -0.494 e. The number of amides is 1. The highest BCUT2D eigenvalue weighted by molar-refractivity contribution is 7.13. The van der Waals surface area contributed by atoms with Crippen LogP contribution in [0, 0.1) is 0 Å². The van der Waals surface area contributed by atoms with Crippen molar-refractivity contribution in [3.63, 3.8) is 0 Å². The molecule has 0 saturated heterocycles. The average molecular weight is 450 g/mol. The summed E-state index contributed by atoms with van der Waals surface area (Å²) in [7, 11) is 0. The van der Waals surface area contributed by atoms with Crippen LogP contribution in [-0.4, -0.2) is 32.3 Å². The van der Waals surface area contributed by atoms with Gasteiger partial charge in [0.05, 0.1) is 17.9 Å². The molecule has 0 bridgehead atoms. The summed E-state index contributed by atoms with van der Waals surface area (Å²) in [6, 6.07) is 14.5. The number of H-pyrrole nitrogens is 1. The fourth-order valence-corrected chi connectivity index (χ4v) is 3.88. The van der Waals surface area contributed by atoms with Crippen LogP contribution >= 0.6 is 11.3 Å². The van der Waals surface area contributed by atoms with Gasteiger partial charge in [-0.05, 0) is 42.5 Å². The van der Waals surface area contributed by atoms with Crippen LogP contribution in [0.1, 0.15) is 25.1 Å². The van der Waals surface area contributed by atoms with Crippen LogP contribution in [0.25, 0.3) is 16.5 Å². The third kappa shape index (κ3) is 4.94. The number of aromatic amines is 1.